The van der Waals surface area contributed by atoms with Crippen LogP contribution in [0.4, 0.5) is 11.4 Å². The molecule has 0 aromatic heterocycles. The van der Waals surface area contributed by atoms with Crippen molar-refractivity contribution >= 4 is 17.3 Å². The lowest BCUT2D eigenvalue weighted by molar-refractivity contribution is -0.112. The van der Waals surface area contributed by atoms with Crippen LogP contribution in [0.25, 0.3) is 0 Å². The first kappa shape index (κ1) is 15.3. The molecule has 1 N–H and O–H groups in total. The Morgan fingerprint density at radius 2 is 1.73 bits per heavy atom. The fourth-order valence-corrected chi connectivity index (χ4v) is 1.98. The lowest BCUT2D eigenvalue weighted by atomic mass is 10.2. The first-order chi connectivity index (χ1) is 10.7. The highest BCUT2D eigenvalue weighted by atomic mass is 16.1. The fraction of sp³-hybridized carbons (Fsp3) is 0.111. The average Bonchev–Trinajstić information content (AvgIpc) is 2.57. The molecule has 0 aliphatic heterocycles. The number of hydrogen-bond acceptors (Lipinski definition) is 3. The summed E-state index contributed by atoms with van der Waals surface area (Å²) in [5.74, 6) is -0.414. The standard InChI is InChI=1S/C18H17N3O/c1-2-21(17-11-7-4-8-12-17)14-15(13-19)18(22)20-16-9-5-3-6-10-16/h3-12,14H,2H2,1H3,(H,20,22)/b15-14+. The molecular formula is C18H17N3O. The Balaban J connectivity index is 2.19. The van der Waals surface area contributed by atoms with Gasteiger partial charge in [-0.1, -0.05) is 36.4 Å². The largest absolute Gasteiger partial charge is 0.347 e. The summed E-state index contributed by atoms with van der Waals surface area (Å²) in [6.45, 7) is 2.63. The predicted octanol–water partition coefficient (Wildman–Crippen LogP) is 3.56. The van der Waals surface area contributed by atoms with Gasteiger partial charge in [0.25, 0.3) is 5.91 Å². The number of nitrogens with zero attached hydrogens (tertiary/aromatic N) is 2. The van der Waals surface area contributed by atoms with Crippen LogP contribution in [0, 0.1) is 11.3 Å². The van der Waals surface area contributed by atoms with E-state index in [2.05, 4.69) is 5.32 Å². The van der Waals surface area contributed by atoms with Crippen LogP contribution in [0.1, 0.15) is 6.92 Å². The predicted molar refractivity (Wildman–Crippen MR) is 88.2 cm³/mol. The van der Waals surface area contributed by atoms with Crippen LogP contribution in [0.15, 0.2) is 72.4 Å². The second kappa shape index (κ2) is 7.65. The van der Waals surface area contributed by atoms with Gasteiger partial charge in [0, 0.05) is 24.1 Å². The molecule has 0 spiro atoms. The first-order valence-corrected chi connectivity index (χ1v) is 7.04. The summed E-state index contributed by atoms with van der Waals surface area (Å²) in [5, 5.41) is 12.0. The molecule has 110 valence electrons. The third-order valence-corrected chi connectivity index (χ3v) is 3.11. The van der Waals surface area contributed by atoms with Gasteiger partial charge in [-0.3, -0.25) is 4.79 Å². The van der Waals surface area contributed by atoms with Gasteiger partial charge in [0.2, 0.25) is 0 Å². The molecule has 0 unspecified atom stereocenters. The molecule has 4 nitrogen and oxygen atoms in total. The van der Waals surface area contributed by atoms with E-state index in [1.165, 1.54) is 0 Å². The van der Waals surface area contributed by atoms with Crippen molar-refractivity contribution in [3.8, 4) is 6.07 Å². The molecule has 0 aliphatic carbocycles. The van der Waals surface area contributed by atoms with E-state index in [1.807, 2.05) is 66.4 Å². The Hall–Kier alpha value is -3.06. The van der Waals surface area contributed by atoms with Gasteiger partial charge < -0.3 is 10.2 Å². The highest BCUT2D eigenvalue weighted by molar-refractivity contribution is 6.06. The molecule has 22 heavy (non-hydrogen) atoms. The number of para-hydroxylation sites is 2. The Morgan fingerprint density at radius 1 is 1.14 bits per heavy atom. The molecule has 0 aliphatic rings. The van der Waals surface area contributed by atoms with Crippen molar-refractivity contribution in [1.29, 1.82) is 5.26 Å². The molecule has 0 saturated heterocycles. The topological polar surface area (TPSA) is 56.1 Å². The third-order valence-electron chi connectivity index (χ3n) is 3.11. The van der Waals surface area contributed by atoms with Crippen LogP contribution in [-0.4, -0.2) is 12.5 Å². The minimum Gasteiger partial charge on any atom is -0.347 e. The third kappa shape index (κ3) is 3.97. The second-order valence-electron chi connectivity index (χ2n) is 4.60. The highest BCUT2D eigenvalue weighted by Gasteiger charge is 2.11. The molecule has 2 aromatic rings. The number of carbonyl (C=O) groups is 1. The summed E-state index contributed by atoms with van der Waals surface area (Å²) in [6.07, 6.45) is 1.58. The number of amides is 1. The molecule has 0 radical (unpaired) electrons. The molecule has 0 heterocycles. The molecular weight excluding hydrogens is 274 g/mol. The van der Waals surface area contributed by atoms with Crippen LogP contribution in [0.3, 0.4) is 0 Å². The van der Waals surface area contributed by atoms with E-state index in [-0.39, 0.29) is 5.57 Å². The minimum absolute atomic E-state index is 0.0644. The zero-order chi connectivity index (χ0) is 15.8. The number of nitrogens with one attached hydrogen (secondary N) is 1. The fourth-order valence-electron chi connectivity index (χ4n) is 1.98. The van der Waals surface area contributed by atoms with Gasteiger partial charge in [-0.05, 0) is 31.2 Å². The number of anilines is 2. The SMILES string of the molecule is CCN(/C=C(\C#N)C(=O)Nc1ccccc1)c1ccccc1. The van der Waals surface area contributed by atoms with E-state index >= 15 is 0 Å². The summed E-state index contributed by atoms with van der Waals surface area (Å²) in [4.78, 5) is 14.1. The number of rotatable bonds is 5. The summed E-state index contributed by atoms with van der Waals surface area (Å²) in [6, 6.07) is 20.7. The Bertz CT molecular complexity index is 687. The molecule has 2 aromatic carbocycles. The van der Waals surface area contributed by atoms with Gasteiger partial charge in [-0.2, -0.15) is 5.26 Å². The number of carbonyl (C=O) groups excluding carboxylic acids is 1. The van der Waals surface area contributed by atoms with Gasteiger partial charge in [0.15, 0.2) is 0 Å². The molecule has 4 heteroatoms. The number of hydrogen-bond donors (Lipinski definition) is 1. The molecule has 0 saturated carbocycles. The summed E-state index contributed by atoms with van der Waals surface area (Å²) in [7, 11) is 0. The number of benzene rings is 2. The van der Waals surface area contributed by atoms with Gasteiger partial charge in [0.1, 0.15) is 11.6 Å². The average molecular weight is 291 g/mol. The molecule has 0 fully saturated rings. The van der Waals surface area contributed by atoms with Gasteiger partial charge in [0.05, 0.1) is 0 Å². The van der Waals surface area contributed by atoms with Crippen LogP contribution in [0.5, 0.6) is 0 Å². The van der Waals surface area contributed by atoms with Gasteiger partial charge >= 0.3 is 0 Å². The van der Waals surface area contributed by atoms with Gasteiger partial charge in [-0.15, -0.1) is 0 Å². The zero-order valence-corrected chi connectivity index (χ0v) is 12.4. The summed E-state index contributed by atoms with van der Waals surface area (Å²) >= 11 is 0. The van der Waals surface area contributed by atoms with E-state index in [0.29, 0.717) is 12.2 Å². The van der Waals surface area contributed by atoms with Crippen molar-refractivity contribution in [1.82, 2.24) is 0 Å². The molecule has 1 amide bonds. The Kier molecular flexibility index (Phi) is 5.33. The Morgan fingerprint density at radius 3 is 2.27 bits per heavy atom. The van der Waals surface area contributed by atoms with Crippen molar-refractivity contribution in [2.45, 2.75) is 6.92 Å². The van der Waals surface area contributed by atoms with E-state index in [1.54, 1.807) is 18.3 Å². The maximum Gasteiger partial charge on any atom is 0.267 e. The maximum absolute atomic E-state index is 12.2. The van der Waals surface area contributed by atoms with Crippen LogP contribution in [-0.2, 0) is 4.79 Å². The summed E-state index contributed by atoms with van der Waals surface area (Å²) < 4.78 is 0. The first-order valence-electron chi connectivity index (χ1n) is 7.04. The van der Waals surface area contributed by atoms with E-state index in [9.17, 15) is 10.1 Å². The van der Waals surface area contributed by atoms with E-state index in [4.69, 9.17) is 0 Å². The van der Waals surface area contributed by atoms with Crippen molar-refractivity contribution < 1.29 is 4.79 Å². The van der Waals surface area contributed by atoms with E-state index < -0.39 is 5.91 Å². The minimum atomic E-state index is -0.414. The Labute approximate surface area is 130 Å². The molecule has 0 atom stereocenters. The van der Waals surface area contributed by atoms with Gasteiger partial charge in [-0.25, -0.2) is 0 Å². The van der Waals surface area contributed by atoms with Crippen LogP contribution in [0.2, 0.25) is 0 Å². The van der Waals surface area contributed by atoms with Crippen LogP contribution < -0.4 is 10.2 Å². The maximum atomic E-state index is 12.2. The smallest absolute Gasteiger partial charge is 0.267 e. The number of nitriles is 1. The quantitative estimate of drug-likeness (QED) is 0.677. The lowest BCUT2D eigenvalue weighted by Crippen LogP contribution is -2.20. The molecule has 2 rings (SSSR count). The second-order valence-corrected chi connectivity index (χ2v) is 4.60. The lowest BCUT2D eigenvalue weighted by Gasteiger charge is -2.18. The highest BCUT2D eigenvalue weighted by Crippen LogP contribution is 2.15. The monoisotopic (exact) mass is 291 g/mol. The molecule has 0 bridgehead atoms. The van der Waals surface area contributed by atoms with Crippen molar-refractivity contribution in [2.75, 3.05) is 16.8 Å². The van der Waals surface area contributed by atoms with Crippen molar-refractivity contribution in [3.63, 3.8) is 0 Å². The zero-order valence-electron chi connectivity index (χ0n) is 12.4. The van der Waals surface area contributed by atoms with E-state index in [0.717, 1.165) is 5.69 Å². The van der Waals surface area contributed by atoms with Crippen LogP contribution >= 0.6 is 0 Å². The van der Waals surface area contributed by atoms with Crippen molar-refractivity contribution in [2.24, 2.45) is 0 Å². The van der Waals surface area contributed by atoms with Crippen molar-refractivity contribution in [3.05, 3.63) is 72.4 Å². The summed E-state index contributed by atoms with van der Waals surface area (Å²) in [5.41, 5.74) is 1.66. The normalized spacial score (nSPS) is 10.6.